The third-order valence-electron chi connectivity index (χ3n) is 15.2. The third-order valence-corrected chi connectivity index (χ3v) is 15.2. The first kappa shape index (κ1) is 32.1. The van der Waals surface area contributed by atoms with E-state index in [1.807, 2.05) is 24.3 Å². The molecular weight excluding hydrogens is 612 g/mol. The number of hydroxylamine groups is 2. The molecule has 5 saturated heterocycles. The number of hydrogen-bond acceptors (Lipinski definition) is 10. The minimum Gasteiger partial charge on any atom is -0.402 e. The van der Waals surface area contributed by atoms with Gasteiger partial charge in [-0.05, 0) is 111 Å². The molecule has 16 atom stereocenters. The fraction of sp³-hybridized carbons (Fsp3) is 0.821. The fourth-order valence-corrected chi connectivity index (χ4v) is 13.0. The van der Waals surface area contributed by atoms with Crippen LogP contribution in [0.3, 0.4) is 0 Å². The summed E-state index contributed by atoms with van der Waals surface area (Å²) in [6.45, 7) is 0. The zero-order chi connectivity index (χ0) is 32.5. The van der Waals surface area contributed by atoms with Crippen LogP contribution in [0.5, 0.6) is 5.75 Å². The Bertz CT molecular complexity index is 1280. The molecule has 9 aliphatic rings. The number of para-hydroxylation sites is 1. The normalized spacial score (nSPS) is 49.4. The molecule has 0 amide bonds. The summed E-state index contributed by atoms with van der Waals surface area (Å²) in [7, 11) is 0. The van der Waals surface area contributed by atoms with Crippen molar-refractivity contribution in [3.8, 4) is 5.75 Å². The van der Waals surface area contributed by atoms with Crippen LogP contribution in [0.25, 0.3) is 0 Å². The maximum atomic E-state index is 12.2. The van der Waals surface area contributed by atoms with Crippen molar-refractivity contribution >= 4 is 6.29 Å². The number of nitrogens with zero attached hydrogens (tertiary/aromatic N) is 1. The van der Waals surface area contributed by atoms with Crippen LogP contribution in [0.1, 0.15) is 113 Å². The molecule has 16 unspecified atom stereocenters. The molecule has 49 heavy (non-hydrogen) atoms. The lowest BCUT2D eigenvalue weighted by Crippen LogP contribution is -2.63. The lowest BCUT2D eigenvalue weighted by Gasteiger charge is -2.37. The van der Waals surface area contributed by atoms with Gasteiger partial charge in [-0.3, -0.25) is 42.0 Å². The summed E-state index contributed by atoms with van der Waals surface area (Å²) in [6, 6.07) is 7.80. The van der Waals surface area contributed by atoms with Crippen molar-refractivity contribution in [3.05, 3.63) is 29.8 Å². The van der Waals surface area contributed by atoms with E-state index in [0.717, 1.165) is 6.29 Å². The Kier molecular flexibility index (Phi) is 8.77. The van der Waals surface area contributed by atoms with Gasteiger partial charge in [0.1, 0.15) is 12.3 Å². The van der Waals surface area contributed by atoms with Gasteiger partial charge in [0.2, 0.25) is 0 Å². The van der Waals surface area contributed by atoms with E-state index < -0.39 is 0 Å². The van der Waals surface area contributed by atoms with Crippen LogP contribution in [0.2, 0.25) is 0 Å². The van der Waals surface area contributed by atoms with Crippen molar-refractivity contribution in [1.82, 2.24) is 42.3 Å². The molecule has 9 fully saturated rings. The lowest BCUT2D eigenvalue weighted by molar-refractivity contribution is -0.135. The Morgan fingerprint density at radius 1 is 0.469 bits per heavy atom. The van der Waals surface area contributed by atoms with Crippen molar-refractivity contribution < 1.29 is 9.63 Å². The molecule has 7 N–H and O–H groups in total. The van der Waals surface area contributed by atoms with Crippen LogP contribution in [-0.4, -0.2) is 60.7 Å². The topological polar surface area (TPSA) is 114 Å². The molecule has 4 aliphatic carbocycles. The predicted molar refractivity (Wildman–Crippen MR) is 188 cm³/mol. The zero-order valence-corrected chi connectivity index (χ0v) is 29.2. The Morgan fingerprint density at radius 2 is 0.796 bits per heavy atom. The van der Waals surface area contributed by atoms with E-state index >= 15 is 0 Å². The minimum atomic E-state index is 0.0587. The fourth-order valence-electron chi connectivity index (χ4n) is 13.0. The second kappa shape index (κ2) is 13.4. The Hall–Kier alpha value is -1.63. The van der Waals surface area contributed by atoms with E-state index in [9.17, 15) is 4.79 Å². The van der Waals surface area contributed by atoms with Gasteiger partial charge in [0, 0.05) is 0 Å². The summed E-state index contributed by atoms with van der Waals surface area (Å²) in [6.07, 6.45) is 23.6. The molecule has 0 aromatic heterocycles. The monoisotopic (exact) mass is 672 g/mol. The Balaban J connectivity index is 1.05. The number of aldehydes is 1. The highest BCUT2D eigenvalue weighted by atomic mass is 16.7. The maximum Gasteiger partial charge on any atom is 0.158 e. The second-order valence-corrected chi connectivity index (χ2v) is 17.5. The summed E-state index contributed by atoms with van der Waals surface area (Å²) in [5.74, 6) is 5.43. The van der Waals surface area contributed by atoms with E-state index in [0.29, 0.717) is 83.3 Å². The highest BCUT2D eigenvalue weighted by Crippen LogP contribution is 2.48. The number of fused-ring (bicyclic) bond motifs is 20. The van der Waals surface area contributed by atoms with Crippen molar-refractivity contribution in [2.45, 2.75) is 152 Å². The van der Waals surface area contributed by atoms with E-state index in [1.165, 1.54) is 103 Å². The second-order valence-electron chi connectivity index (χ2n) is 17.5. The van der Waals surface area contributed by atoms with Gasteiger partial charge in [-0.2, -0.15) is 0 Å². The molecule has 0 radical (unpaired) electrons. The first-order valence-corrected chi connectivity index (χ1v) is 20.6. The number of rotatable bonds is 3. The molecule has 268 valence electrons. The molecule has 5 heterocycles. The predicted octanol–water partition coefficient (Wildman–Crippen LogP) is 4.12. The van der Waals surface area contributed by atoms with Crippen LogP contribution in [-0.2, 0) is 0 Å². The van der Waals surface area contributed by atoms with Crippen molar-refractivity contribution in [3.63, 3.8) is 0 Å². The molecule has 10 rings (SSSR count). The summed E-state index contributed by atoms with van der Waals surface area (Å²) in [5, 5.41) is 32.0. The van der Waals surface area contributed by atoms with Gasteiger partial charge in [0.15, 0.2) is 12.0 Å². The SMILES string of the molecule is O=Cc1ccccc1ON1C2NC3NC(NC4NC(NC5NC(NC1C1CCCCC12)C1CCCCC51)C1CCCCC41)C1CCCCC31. The van der Waals surface area contributed by atoms with Crippen LogP contribution >= 0.6 is 0 Å². The summed E-state index contributed by atoms with van der Waals surface area (Å²) >= 11 is 0. The van der Waals surface area contributed by atoms with E-state index in [-0.39, 0.29) is 24.7 Å². The standard InChI is InChI=1S/C39H60N8O2/c48-21-22-11-1-10-20-31(22)49-47-38-29-18-8-9-19-30(29)39(47)46-37-28-17-7-5-15-26(28)35(44-37)42-33-24-13-3-2-12-23(24)32(40-33)41-34-25-14-4-6-16-27(25)36(43-34)45-38/h1,10-11,20-21,23-30,32-46H,2-9,12-19H2. The largest absolute Gasteiger partial charge is 0.402 e. The first-order valence-electron chi connectivity index (χ1n) is 20.6. The zero-order valence-electron chi connectivity index (χ0n) is 29.2. The molecule has 0 spiro atoms. The first-order chi connectivity index (χ1) is 24.2. The van der Waals surface area contributed by atoms with Gasteiger partial charge in [-0.25, -0.2) is 0 Å². The maximum absolute atomic E-state index is 12.2. The minimum absolute atomic E-state index is 0.0587. The number of carbonyl (C=O) groups excluding carboxylic acids is 1. The summed E-state index contributed by atoms with van der Waals surface area (Å²) in [4.78, 5) is 19.3. The van der Waals surface area contributed by atoms with Crippen molar-refractivity contribution in [1.29, 1.82) is 0 Å². The van der Waals surface area contributed by atoms with Crippen molar-refractivity contribution in [2.75, 3.05) is 0 Å². The molecule has 10 nitrogen and oxygen atoms in total. The van der Waals surface area contributed by atoms with Crippen molar-refractivity contribution in [2.24, 2.45) is 47.3 Å². The molecular formula is C39H60N8O2. The van der Waals surface area contributed by atoms with E-state index in [1.54, 1.807) is 0 Å². The van der Waals surface area contributed by atoms with Gasteiger partial charge >= 0.3 is 0 Å². The van der Waals surface area contributed by atoms with Gasteiger partial charge in [-0.15, -0.1) is 5.06 Å². The molecule has 8 bridgehead atoms. The van der Waals surface area contributed by atoms with E-state index in [2.05, 4.69) is 42.3 Å². The molecule has 10 heteroatoms. The van der Waals surface area contributed by atoms with Gasteiger partial charge in [0.05, 0.1) is 42.6 Å². The molecule has 5 aliphatic heterocycles. The van der Waals surface area contributed by atoms with Crippen LogP contribution < -0.4 is 42.1 Å². The average molecular weight is 673 g/mol. The number of benzene rings is 1. The van der Waals surface area contributed by atoms with Crippen LogP contribution in [0.15, 0.2) is 24.3 Å². The quantitative estimate of drug-likeness (QED) is 0.237. The van der Waals surface area contributed by atoms with Crippen LogP contribution in [0, 0.1) is 47.3 Å². The summed E-state index contributed by atoms with van der Waals surface area (Å²) in [5.41, 5.74) is 0.618. The van der Waals surface area contributed by atoms with Gasteiger partial charge < -0.3 is 4.84 Å². The van der Waals surface area contributed by atoms with Gasteiger partial charge in [-0.1, -0.05) is 63.5 Å². The number of hydrogen-bond donors (Lipinski definition) is 7. The number of carbonyl (C=O) groups is 1. The smallest absolute Gasteiger partial charge is 0.158 e. The molecule has 1 aromatic carbocycles. The molecule has 4 saturated carbocycles. The summed E-state index contributed by atoms with van der Waals surface area (Å²) < 4.78 is 0. The Labute approximate surface area is 292 Å². The van der Waals surface area contributed by atoms with Gasteiger partial charge in [0.25, 0.3) is 0 Å². The number of nitrogens with one attached hydrogen (secondary N) is 7. The Morgan fingerprint density at radius 3 is 1.16 bits per heavy atom. The van der Waals surface area contributed by atoms with E-state index in [4.69, 9.17) is 4.84 Å². The van der Waals surface area contributed by atoms with Crippen LogP contribution in [0.4, 0.5) is 0 Å². The highest BCUT2D eigenvalue weighted by molar-refractivity contribution is 5.79. The highest BCUT2D eigenvalue weighted by Gasteiger charge is 2.57. The average Bonchev–Trinajstić information content (AvgIpc) is 3.87. The third kappa shape index (κ3) is 5.63. The lowest BCUT2D eigenvalue weighted by atomic mass is 9.76. The molecule has 1 aromatic rings.